The number of amides is 2. The minimum atomic E-state index is -0.402. The van der Waals surface area contributed by atoms with E-state index in [1.165, 1.54) is 6.33 Å². The van der Waals surface area contributed by atoms with Gasteiger partial charge in [0.15, 0.2) is 0 Å². The summed E-state index contributed by atoms with van der Waals surface area (Å²) in [7, 11) is 3.75. The second-order valence-electron chi connectivity index (χ2n) is 5.99. The van der Waals surface area contributed by atoms with Crippen molar-refractivity contribution >= 4 is 23.5 Å². The molecule has 23 heavy (non-hydrogen) atoms. The molecule has 0 saturated carbocycles. The van der Waals surface area contributed by atoms with E-state index in [1.807, 2.05) is 25.9 Å². The summed E-state index contributed by atoms with van der Waals surface area (Å²) < 4.78 is 0. The van der Waals surface area contributed by atoms with Gasteiger partial charge in [-0.15, -0.1) is 0 Å². The van der Waals surface area contributed by atoms with Gasteiger partial charge in [0.05, 0.1) is 0 Å². The van der Waals surface area contributed by atoms with Crippen LogP contribution in [0.15, 0.2) is 12.4 Å². The minimum Gasteiger partial charge on any atom is -0.363 e. The first-order valence-corrected chi connectivity index (χ1v) is 8.12. The summed E-state index contributed by atoms with van der Waals surface area (Å²) in [6.45, 7) is 2.63. The highest BCUT2D eigenvalue weighted by Gasteiger charge is 2.31. The molecule has 7 heteroatoms. The maximum atomic E-state index is 12.6. The van der Waals surface area contributed by atoms with Gasteiger partial charge in [-0.1, -0.05) is 6.92 Å². The number of anilines is 2. The van der Waals surface area contributed by atoms with E-state index in [9.17, 15) is 9.59 Å². The van der Waals surface area contributed by atoms with Crippen LogP contribution >= 0.6 is 0 Å². The van der Waals surface area contributed by atoms with Gasteiger partial charge in [0.25, 0.3) is 0 Å². The number of hydrogen-bond acceptors (Lipinski definition) is 5. The van der Waals surface area contributed by atoms with Gasteiger partial charge in [-0.3, -0.25) is 9.59 Å². The highest BCUT2D eigenvalue weighted by molar-refractivity contribution is 5.96. The average Bonchev–Trinajstić information content (AvgIpc) is 2.55. The van der Waals surface area contributed by atoms with E-state index in [0.29, 0.717) is 25.2 Å². The predicted molar refractivity (Wildman–Crippen MR) is 89.2 cm³/mol. The molecule has 1 aromatic rings. The quantitative estimate of drug-likeness (QED) is 0.893. The fraction of sp³-hybridized carbons (Fsp3) is 0.625. The molecular weight excluding hydrogens is 294 g/mol. The lowest BCUT2D eigenvalue weighted by Crippen LogP contribution is -2.50. The first-order chi connectivity index (χ1) is 11.0. The number of carbonyl (C=O) groups is 2. The van der Waals surface area contributed by atoms with Crippen LogP contribution < -0.4 is 10.2 Å². The molecule has 2 heterocycles. The Labute approximate surface area is 137 Å². The second kappa shape index (κ2) is 7.89. The molecule has 1 aliphatic rings. The highest BCUT2D eigenvalue weighted by Crippen LogP contribution is 2.20. The molecule has 126 valence electrons. The zero-order valence-corrected chi connectivity index (χ0v) is 14.1. The van der Waals surface area contributed by atoms with Crippen LogP contribution in [0.2, 0.25) is 0 Å². The van der Waals surface area contributed by atoms with Crippen LogP contribution in [0.25, 0.3) is 0 Å². The van der Waals surface area contributed by atoms with Gasteiger partial charge in [-0.25, -0.2) is 9.97 Å². The van der Waals surface area contributed by atoms with E-state index < -0.39 is 6.04 Å². The van der Waals surface area contributed by atoms with Gasteiger partial charge in [-0.2, -0.15) is 0 Å². The fourth-order valence-electron chi connectivity index (χ4n) is 2.73. The monoisotopic (exact) mass is 319 g/mol. The van der Waals surface area contributed by atoms with Crippen LogP contribution in [0.5, 0.6) is 0 Å². The molecule has 1 N–H and O–H groups in total. The Morgan fingerprint density at radius 2 is 2.13 bits per heavy atom. The van der Waals surface area contributed by atoms with Crippen LogP contribution in [0, 0.1) is 0 Å². The van der Waals surface area contributed by atoms with Crippen LogP contribution in [-0.2, 0) is 9.59 Å². The lowest BCUT2D eigenvalue weighted by molar-refractivity contribution is -0.140. The standard InChI is InChI=1S/C16H25N5O2/c1-4-7-15(22)21-9-6-5-8-12(21)16(23)19-13-10-14(20(2)3)18-11-17-13/h10-12H,4-9H2,1-3H3,(H,17,18,19,23). The van der Waals surface area contributed by atoms with Crippen molar-refractivity contribution in [1.82, 2.24) is 14.9 Å². The number of nitrogens with one attached hydrogen (secondary N) is 1. The average molecular weight is 319 g/mol. The van der Waals surface area contributed by atoms with E-state index in [4.69, 9.17) is 0 Å². The maximum absolute atomic E-state index is 12.6. The minimum absolute atomic E-state index is 0.0593. The van der Waals surface area contributed by atoms with Crippen molar-refractivity contribution in [2.45, 2.75) is 45.1 Å². The van der Waals surface area contributed by atoms with E-state index in [2.05, 4.69) is 15.3 Å². The number of likely N-dealkylation sites (tertiary alicyclic amines) is 1. The molecule has 1 atom stereocenters. The number of rotatable bonds is 5. The summed E-state index contributed by atoms with van der Waals surface area (Å²) in [4.78, 5) is 36.6. The van der Waals surface area contributed by atoms with Crippen molar-refractivity contribution in [3.8, 4) is 0 Å². The largest absolute Gasteiger partial charge is 0.363 e. The summed E-state index contributed by atoms with van der Waals surface area (Å²) >= 11 is 0. The van der Waals surface area contributed by atoms with Crippen LogP contribution in [0.3, 0.4) is 0 Å². The maximum Gasteiger partial charge on any atom is 0.248 e. The topological polar surface area (TPSA) is 78.4 Å². The van der Waals surface area contributed by atoms with Gasteiger partial charge in [0, 0.05) is 33.1 Å². The van der Waals surface area contributed by atoms with E-state index >= 15 is 0 Å². The second-order valence-corrected chi connectivity index (χ2v) is 5.99. The Morgan fingerprint density at radius 1 is 1.35 bits per heavy atom. The smallest absolute Gasteiger partial charge is 0.248 e. The van der Waals surface area contributed by atoms with Gasteiger partial charge < -0.3 is 15.1 Å². The Balaban J connectivity index is 2.08. The summed E-state index contributed by atoms with van der Waals surface area (Å²) in [5.41, 5.74) is 0. The molecule has 0 spiro atoms. The molecule has 1 saturated heterocycles. The van der Waals surface area contributed by atoms with Crippen molar-refractivity contribution in [2.24, 2.45) is 0 Å². The fourth-order valence-corrected chi connectivity index (χ4v) is 2.73. The third-order valence-corrected chi connectivity index (χ3v) is 3.95. The first kappa shape index (κ1) is 17.2. The molecule has 2 rings (SSSR count). The molecule has 0 aliphatic carbocycles. The number of piperidine rings is 1. The lowest BCUT2D eigenvalue weighted by Gasteiger charge is -2.34. The molecular formula is C16H25N5O2. The van der Waals surface area contributed by atoms with Gasteiger partial charge in [0.2, 0.25) is 11.8 Å². The van der Waals surface area contributed by atoms with Crippen molar-refractivity contribution in [3.63, 3.8) is 0 Å². The highest BCUT2D eigenvalue weighted by atomic mass is 16.2. The summed E-state index contributed by atoms with van der Waals surface area (Å²) in [6, 6.07) is 1.32. The Morgan fingerprint density at radius 3 is 2.83 bits per heavy atom. The molecule has 7 nitrogen and oxygen atoms in total. The Kier molecular flexibility index (Phi) is 5.90. The number of carbonyl (C=O) groups excluding carboxylic acids is 2. The number of aromatic nitrogens is 2. The van der Waals surface area contributed by atoms with Crippen molar-refractivity contribution in [1.29, 1.82) is 0 Å². The van der Waals surface area contributed by atoms with Gasteiger partial charge in [0.1, 0.15) is 24.0 Å². The third-order valence-electron chi connectivity index (χ3n) is 3.95. The molecule has 1 fully saturated rings. The number of hydrogen-bond donors (Lipinski definition) is 1. The molecule has 1 aliphatic heterocycles. The predicted octanol–water partition coefficient (Wildman–Crippen LogP) is 1.66. The molecule has 0 bridgehead atoms. The van der Waals surface area contributed by atoms with Gasteiger partial charge >= 0.3 is 0 Å². The summed E-state index contributed by atoms with van der Waals surface area (Å²) in [6.07, 6.45) is 5.32. The normalized spacial score (nSPS) is 17.7. The molecule has 0 aromatic carbocycles. The summed E-state index contributed by atoms with van der Waals surface area (Å²) in [5, 5.41) is 2.82. The number of nitrogens with zero attached hydrogens (tertiary/aromatic N) is 4. The molecule has 1 aromatic heterocycles. The van der Waals surface area contributed by atoms with Crippen molar-refractivity contribution in [2.75, 3.05) is 30.9 Å². The van der Waals surface area contributed by atoms with E-state index in [-0.39, 0.29) is 11.8 Å². The molecule has 0 radical (unpaired) electrons. The first-order valence-electron chi connectivity index (χ1n) is 8.12. The zero-order chi connectivity index (χ0) is 16.8. The van der Waals surface area contributed by atoms with Crippen LogP contribution in [0.1, 0.15) is 39.0 Å². The SMILES string of the molecule is CCCC(=O)N1CCCCC1C(=O)Nc1cc(N(C)C)ncn1. The molecule has 2 amide bonds. The molecule has 1 unspecified atom stereocenters. The van der Waals surface area contributed by atoms with Crippen LogP contribution in [-0.4, -0.2) is 53.4 Å². The third kappa shape index (κ3) is 4.40. The Bertz CT molecular complexity index is 561. The Hall–Kier alpha value is -2.18. The summed E-state index contributed by atoms with van der Waals surface area (Å²) in [5.74, 6) is 1.07. The van der Waals surface area contributed by atoms with Crippen LogP contribution in [0.4, 0.5) is 11.6 Å². The lowest BCUT2D eigenvalue weighted by atomic mass is 10.0. The van der Waals surface area contributed by atoms with Crippen molar-refractivity contribution < 1.29 is 9.59 Å². The zero-order valence-electron chi connectivity index (χ0n) is 14.1. The van der Waals surface area contributed by atoms with E-state index in [0.717, 1.165) is 25.1 Å². The van der Waals surface area contributed by atoms with Crippen molar-refractivity contribution in [3.05, 3.63) is 12.4 Å². The van der Waals surface area contributed by atoms with Gasteiger partial charge in [-0.05, 0) is 25.7 Å². The van der Waals surface area contributed by atoms with E-state index in [1.54, 1.807) is 11.0 Å².